The zero-order valence-corrected chi connectivity index (χ0v) is 8.99. The van der Waals surface area contributed by atoms with Crippen LogP contribution in [0.1, 0.15) is 24.5 Å². The molecule has 0 atom stereocenters. The Morgan fingerprint density at radius 3 is 2.47 bits per heavy atom. The molecule has 0 bridgehead atoms. The maximum Gasteiger partial charge on any atom is 0.307 e. The molecule has 0 unspecified atom stereocenters. The first-order chi connectivity index (χ1) is 7.09. The Hall–Kier alpha value is -1.57. The van der Waals surface area contributed by atoms with Crippen LogP contribution in [-0.2, 0) is 17.6 Å². The summed E-state index contributed by atoms with van der Waals surface area (Å²) in [5.41, 5.74) is 3.15. The summed E-state index contributed by atoms with van der Waals surface area (Å²) in [4.78, 5) is 10.6. The fraction of sp³-hybridized carbons (Fsp3) is 0.308. The summed E-state index contributed by atoms with van der Waals surface area (Å²) in [7, 11) is 0. The number of carboxylic acids is 1. The van der Waals surface area contributed by atoms with Crippen LogP contribution < -0.4 is 0 Å². The second-order valence-electron chi connectivity index (χ2n) is 3.80. The quantitative estimate of drug-likeness (QED) is 0.749. The van der Waals surface area contributed by atoms with Crippen molar-refractivity contribution in [2.45, 2.75) is 26.2 Å². The van der Waals surface area contributed by atoms with Crippen LogP contribution in [0.15, 0.2) is 36.4 Å². The molecule has 0 radical (unpaired) electrons. The number of hydrogen-bond acceptors (Lipinski definition) is 1. The van der Waals surface area contributed by atoms with Gasteiger partial charge in [-0.3, -0.25) is 4.79 Å². The average Bonchev–Trinajstić information content (AvgIpc) is 2.15. The molecule has 0 aliphatic rings. The smallest absolute Gasteiger partial charge is 0.307 e. The van der Waals surface area contributed by atoms with Crippen molar-refractivity contribution in [1.29, 1.82) is 0 Å². The Bertz CT molecular complexity index is 367. The lowest BCUT2D eigenvalue weighted by Gasteiger charge is -2.07. The Balaban J connectivity index is 2.76. The standard InChI is InChI=1S/C13H16O2/c1-10(2)7-8-11-5-3-4-6-12(11)9-13(14)15/h3-6H,1,7-9H2,2H3,(H,14,15). The molecule has 0 fully saturated rings. The van der Waals surface area contributed by atoms with Crippen LogP contribution >= 0.6 is 0 Å². The third-order valence-corrected chi connectivity index (χ3v) is 2.28. The molecular formula is C13H16O2. The van der Waals surface area contributed by atoms with E-state index in [1.54, 1.807) is 0 Å². The maximum atomic E-state index is 10.6. The van der Waals surface area contributed by atoms with Crippen molar-refractivity contribution >= 4 is 5.97 Å². The van der Waals surface area contributed by atoms with Gasteiger partial charge in [-0.1, -0.05) is 29.8 Å². The molecule has 1 aromatic carbocycles. The summed E-state index contributed by atoms with van der Waals surface area (Å²) in [5.74, 6) is -0.780. The van der Waals surface area contributed by atoms with Crippen LogP contribution in [0.4, 0.5) is 0 Å². The zero-order valence-electron chi connectivity index (χ0n) is 8.99. The van der Waals surface area contributed by atoms with E-state index < -0.39 is 5.97 Å². The van der Waals surface area contributed by atoms with Gasteiger partial charge in [-0.2, -0.15) is 0 Å². The average molecular weight is 204 g/mol. The predicted octanol–water partition coefficient (Wildman–Crippen LogP) is 2.82. The number of rotatable bonds is 5. The van der Waals surface area contributed by atoms with E-state index in [4.69, 9.17) is 5.11 Å². The van der Waals surface area contributed by atoms with Gasteiger partial charge in [0.15, 0.2) is 0 Å². The first-order valence-corrected chi connectivity index (χ1v) is 5.02. The normalized spacial score (nSPS) is 9.93. The van der Waals surface area contributed by atoms with E-state index in [1.165, 1.54) is 0 Å². The van der Waals surface area contributed by atoms with Crippen LogP contribution in [0.5, 0.6) is 0 Å². The first-order valence-electron chi connectivity index (χ1n) is 5.02. The van der Waals surface area contributed by atoms with Crippen LogP contribution in [0.2, 0.25) is 0 Å². The van der Waals surface area contributed by atoms with Crippen molar-refractivity contribution < 1.29 is 9.90 Å². The van der Waals surface area contributed by atoms with Crippen molar-refractivity contribution in [3.05, 3.63) is 47.5 Å². The van der Waals surface area contributed by atoms with E-state index in [2.05, 4.69) is 6.58 Å². The lowest BCUT2D eigenvalue weighted by atomic mass is 9.99. The topological polar surface area (TPSA) is 37.3 Å². The molecule has 0 heterocycles. The monoisotopic (exact) mass is 204 g/mol. The summed E-state index contributed by atoms with van der Waals surface area (Å²) in [6, 6.07) is 7.69. The van der Waals surface area contributed by atoms with E-state index in [0.717, 1.165) is 29.5 Å². The van der Waals surface area contributed by atoms with Crippen LogP contribution in [0, 0.1) is 0 Å². The van der Waals surface area contributed by atoms with Gasteiger partial charge in [0.1, 0.15) is 0 Å². The van der Waals surface area contributed by atoms with Gasteiger partial charge in [0.05, 0.1) is 6.42 Å². The molecule has 1 aromatic rings. The maximum absolute atomic E-state index is 10.6. The minimum absolute atomic E-state index is 0.104. The molecule has 2 heteroatoms. The lowest BCUT2D eigenvalue weighted by molar-refractivity contribution is -0.136. The molecule has 0 aromatic heterocycles. The van der Waals surface area contributed by atoms with Crippen molar-refractivity contribution in [3.8, 4) is 0 Å². The third-order valence-electron chi connectivity index (χ3n) is 2.28. The van der Waals surface area contributed by atoms with Crippen LogP contribution in [0.25, 0.3) is 0 Å². The molecule has 0 saturated heterocycles. The van der Waals surface area contributed by atoms with Crippen molar-refractivity contribution in [2.75, 3.05) is 0 Å². The largest absolute Gasteiger partial charge is 0.481 e. The molecule has 0 aliphatic carbocycles. The van der Waals surface area contributed by atoms with Gasteiger partial charge < -0.3 is 5.11 Å². The predicted molar refractivity (Wildman–Crippen MR) is 60.9 cm³/mol. The molecule has 80 valence electrons. The number of aliphatic carboxylic acids is 1. The summed E-state index contributed by atoms with van der Waals surface area (Å²) in [6.07, 6.45) is 1.89. The second kappa shape index (κ2) is 5.35. The van der Waals surface area contributed by atoms with Crippen LogP contribution in [-0.4, -0.2) is 11.1 Å². The van der Waals surface area contributed by atoms with E-state index in [0.29, 0.717) is 0 Å². The first kappa shape index (κ1) is 11.5. The highest BCUT2D eigenvalue weighted by Crippen LogP contribution is 2.13. The third kappa shape index (κ3) is 3.98. The number of aryl methyl sites for hydroxylation is 1. The Morgan fingerprint density at radius 1 is 1.33 bits per heavy atom. The lowest BCUT2D eigenvalue weighted by Crippen LogP contribution is -2.03. The Morgan fingerprint density at radius 2 is 1.93 bits per heavy atom. The van der Waals surface area contributed by atoms with E-state index in [-0.39, 0.29) is 6.42 Å². The van der Waals surface area contributed by atoms with E-state index >= 15 is 0 Å². The van der Waals surface area contributed by atoms with Gasteiger partial charge in [-0.15, -0.1) is 6.58 Å². The molecule has 2 nitrogen and oxygen atoms in total. The summed E-state index contributed by atoms with van der Waals surface area (Å²) in [6.45, 7) is 5.83. The molecule has 0 saturated carbocycles. The number of hydrogen-bond donors (Lipinski definition) is 1. The number of allylic oxidation sites excluding steroid dienone is 1. The SMILES string of the molecule is C=C(C)CCc1ccccc1CC(=O)O. The van der Waals surface area contributed by atoms with Crippen molar-refractivity contribution in [2.24, 2.45) is 0 Å². The number of carbonyl (C=O) groups is 1. The van der Waals surface area contributed by atoms with Crippen molar-refractivity contribution in [3.63, 3.8) is 0 Å². The Labute approximate surface area is 90.3 Å². The van der Waals surface area contributed by atoms with Gasteiger partial charge in [-0.05, 0) is 30.9 Å². The summed E-state index contributed by atoms with van der Waals surface area (Å²) >= 11 is 0. The highest BCUT2D eigenvalue weighted by molar-refractivity contribution is 5.70. The van der Waals surface area contributed by atoms with Crippen molar-refractivity contribution in [1.82, 2.24) is 0 Å². The van der Waals surface area contributed by atoms with E-state index in [9.17, 15) is 4.79 Å². The molecule has 0 spiro atoms. The highest BCUT2D eigenvalue weighted by Gasteiger charge is 2.05. The Kier molecular flexibility index (Phi) is 4.10. The van der Waals surface area contributed by atoms with Gasteiger partial charge in [0, 0.05) is 0 Å². The summed E-state index contributed by atoms with van der Waals surface area (Å²) < 4.78 is 0. The molecule has 15 heavy (non-hydrogen) atoms. The fourth-order valence-corrected chi connectivity index (χ4v) is 1.48. The molecule has 0 aliphatic heterocycles. The molecule has 1 N–H and O–H groups in total. The summed E-state index contributed by atoms with van der Waals surface area (Å²) in [5, 5.41) is 8.75. The highest BCUT2D eigenvalue weighted by atomic mass is 16.4. The minimum Gasteiger partial charge on any atom is -0.481 e. The number of benzene rings is 1. The van der Waals surface area contributed by atoms with Crippen LogP contribution in [0.3, 0.4) is 0 Å². The number of carboxylic acid groups (broad SMARTS) is 1. The fourth-order valence-electron chi connectivity index (χ4n) is 1.48. The van der Waals surface area contributed by atoms with Gasteiger partial charge >= 0.3 is 5.97 Å². The van der Waals surface area contributed by atoms with Gasteiger partial charge in [0.2, 0.25) is 0 Å². The second-order valence-corrected chi connectivity index (χ2v) is 3.80. The zero-order chi connectivity index (χ0) is 11.3. The van der Waals surface area contributed by atoms with Gasteiger partial charge in [0.25, 0.3) is 0 Å². The van der Waals surface area contributed by atoms with E-state index in [1.807, 2.05) is 31.2 Å². The minimum atomic E-state index is -0.780. The molecule has 1 rings (SSSR count). The van der Waals surface area contributed by atoms with Gasteiger partial charge in [-0.25, -0.2) is 0 Å². The molecular weight excluding hydrogens is 188 g/mol. The molecule has 0 amide bonds.